The van der Waals surface area contributed by atoms with Gasteiger partial charge in [0.1, 0.15) is 5.76 Å². The van der Waals surface area contributed by atoms with Crippen LogP contribution in [0.4, 0.5) is 5.82 Å². The van der Waals surface area contributed by atoms with Crippen LogP contribution < -0.4 is 5.73 Å². The minimum atomic E-state index is 0.387. The molecule has 0 amide bonds. The highest BCUT2D eigenvalue weighted by Crippen LogP contribution is 2.38. The lowest BCUT2D eigenvalue weighted by Crippen LogP contribution is -2.12. The van der Waals surface area contributed by atoms with Crippen molar-refractivity contribution in [3.8, 4) is 22.5 Å². The third-order valence-electron chi connectivity index (χ3n) is 6.35. The average Bonchev–Trinajstić information content (AvgIpc) is 3.48. The number of hydrogen-bond donors (Lipinski definition) is 1. The maximum atomic E-state index is 6.22. The van der Waals surface area contributed by atoms with Gasteiger partial charge in [0.2, 0.25) is 0 Å². The van der Waals surface area contributed by atoms with Gasteiger partial charge >= 0.3 is 0 Å². The van der Waals surface area contributed by atoms with Crippen molar-refractivity contribution in [2.75, 3.05) is 5.73 Å². The van der Waals surface area contributed by atoms with Crippen molar-refractivity contribution in [3.63, 3.8) is 0 Å². The fourth-order valence-corrected chi connectivity index (χ4v) is 4.73. The average molecular weight is 409 g/mol. The molecule has 6 rings (SSSR count). The number of hydrogen-bond acceptors (Lipinski definition) is 5. The van der Waals surface area contributed by atoms with E-state index in [2.05, 4.69) is 38.1 Å². The minimum Gasteiger partial charge on any atom is -0.452 e. The monoisotopic (exact) mass is 409 g/mol. The van der Waals surface area contributed by atoms with Crippen LogP contribution in [0.25, 0.3) is 44.3 Å². The Bertz CT molecular complexity index is 1390. The van der Waals surface area contributed by atoms with E-state index in [0.717, 1.165) is 38.7 Å². The standard InChI is InChI=1S/C25H23N5O/c26-25-24-20(12-22(31-24)19-10-4-6-16-7-5-11-27-23(16)19)21(14-28-25)17-13-29-30(15-17)18-8-2-1-3-9-18/h4-7,10-15,18H,1-3,8-9H2,(H2,26,28). The molecule has 1 aliphatic carbocycles. The first-order valence-electron chi connectivity index (χ1n) is 10.8. The molecule has 154 valence electrons. The second kappa shape index (κ2) is 7.23. The zero-order chi connectivity index (χ0) is 20.8. The smallest absolute Gasteiger partial charge is 0.177 e. The molecule has 6 heteroatoms. The molecular formula is C25H23N5O. The van der Waals surface area contributed by atoms with Gasteiger partial charge in [-0.1, -0.05) is 37.5 Å². The molecule has 1 aliphatic rings. The maximum Gasteiger partial charge on any atom is 0.177 e. The lowest BCUT2D eigenvalue weighted by molar-refractivity contribution is 0.329. The Balaban J connectivity index is 1.48. The highest BCUT2D eigenvalue weighted by molar-refractivity contribution is 6.02. The van der Waals surface area contributed by atoms with Crippen LogP contribution in [0.3, 0.4) is 0 Å². The summed E-state index contributed by atoms with van der Waals surface area (Å²) < 4.78 is 8.34. The van der Waals surface area contributed by atoms with Crippen LogP contribution in [0.2, 0.25) is 0 Å². The minimum absolute atomic E-state index is 0.387. The quantitative estimate of drug-likeness (QED) is 0.395. The lowest BCUT2D eigenvalue weighted by Gasteiger charge is -2.21. The number of nitrogen functional groups attached to an aromatic ring is 1. The van der Waals surface area contributed by atoms with Gasteiger partial charge < -0.3 is 10.2 Å². The van der Waals surface area contributed by atoms with E-state index >= 15 is 0 Å². The van der Waals surface area contributed by atoms with Gasteiger partial charge in [-0.05, 0) is 31.0 Å². The second-order valence-corrected chi connectivity index (χ2v) is 8.29. The number of nitrogens with zero attached hydrogens (tertiary/aromatic N) is 4. The molecule has 4 aromatic heterocycles. The van der Waals surface area contributed by atoms with E-state index in [0.29, 0.717) is 17.4 Å². The van der Waals surface area contributed by atoms with E-state index in [-0.39, 0.29) is 0 Å². The predicted octanol–water partition coefficient (Wildman–Crippen LogP) is 5.99. The summed E-state index contributed by atoms with van der Waals surface area (Å²) in [7, 11) is 0. The summed E-state index contributed by atoms with van der Waals surface area (Å²) in [6.45, 7) is 0. The Morgan fingerprint density at radius 3 is 2.74 bits per heavy atom. The van der Waals surface area contributed by atoms with Crippen LogP contribution in [0.1, 0.15) is 38.1 Å². The molecule has 0 spiro atoms. The first-order valence-corrected chi connectivity index (χ1v) is 10.8. The fourth-order valence-electron chi connectivity index (χ4n) is 4.73. The third kappa shape index (κ3) is 3.06. The van der Waals surface area contributed by atoms with Crippen LogP contribution in [-0.2, 0) is 0 Å². The number of aromatic nitrogens is 4. The van der Waals surface area contributed by atoms with Gasteiger partial charge in [-0.3, -0.25) is 9.67 Å². The summed E-state index contributed by atoms with van der Waals surface area (Å²) in [5.74, 6) is 1.12. The third-order valence-corrected chi connectivity index (χ3v) is 6.35. The molecule has 1 saturated carbocycles. The Morgan fingerprint density at radius 2 is 1.84 bits per heavy atom. The van der Waals surface area contributed by atoms with Crippen LogP contribution in [-0.4, -0.2) is 19.7 Å². The van der Waals surface area contributed by atoms with E-state index in [1.165, 1.54) is 32.1 Å². The maximum absolute atomic E-state index is 6.22. The summed E-state index contributed by atoms with van der Waals surface area (Å²) >= 11 is 0. The number of benzene rings is 1. The van der Waals surface area contributed by atoms with Gasteiger partial charge in [-0.25, -0.2) is 4.98 Å². The molecule has 1 fully saturated rings. The number of anilines is 1. The summed E-state index contributed by atoms with van der Waals surface area (Å²) in [4.78, 5) is 8.97. The molecule has 0 saturated heterocycles. The van der Waals surface area contributed by atoms with E-state index in [4.69, 9.17) is 10.2 Å². The summed E-state index contributed by atoms with van der Waals surface area (Å²) in [6, 6.07) is 12.6. The van der Waals surface area contributed by atoms with Crippen molar-refractivity contribution in [2.45, 2.75) is 38.1 Å². The van der Waals surface area contributed by atoms with Crippen molar-refractivity contribution >= 4 is 27.7 Å². The number of pyridine rings is 2. The Hall–Kier alpha value is -3.67. The van der Waals surface area contributed by atoms with Gasteiger partial charge in [0, 0.05) is 46.1 Å². The highest BCUT2D eigenvalue weighted by atomic mass is 16.3. The zero-order valence-electron chi connectivity index (χ0n) is 17.2. The van der Waals surface area contributed by atoms with Crippen molar-refractivity contribution in [1.29, 1.82) is 0 Å². The van der Waals surface area contributed by atoms with Crippen molar-refractivity contribution in [2.24, 2.45) is 0 Å². The molecule has 0 radical (unpaired) electrons. The predicted molar refractivity (Wildman–Crippen MR) is 123 cm³/mol. The van der Waals surface area contributed by atoms with Gasteiger partial charge in [-0.2, -0.15) is 5.10 Å². The van der Waals surface area contributed by atoms with E-state index in [1.54, 1.807) is 6.20 Å². The van der Waals surface area contributed by atoms with Crippen molar-refractivity contribution < 1.29 is 4.42 Å². The molecule has 2 N–H and O–H groups in total. The normalized spacial score (nSPS) is 15.1. The molecule has 0 aliphatic heterocycles. The van der Waals surface area contributed by atoms with Gasteiger partial charge in [0.05, 0.1) is 17.8 Å². The molecule has 0 bridgehead atoms. The van der Waals surface area contributed by atoms with E-state index < -0.39 is 0 Å². The Morgan fingerprint density at radius 1 is 0.968 bits per heavy atom. The number of fused-ring (bicyclic) bond motifs is 2. The fraction of sp³-hybridized carbons (Fsp3) is 0.240. The molecular weight excluding hydrogens is 386 g/mol. The molecule has 1 aromatic carbocycles. The van der Waals surface area contributed by atoms with Crippen LogP contribution in [0.15, 0.2) is 65.6 Å². The molecule has 0 atom stereocenters. The summed E-state index contributed by atoms with van der Waals surface area (Å²) in [6.07, 6.45) is 13.9. The van der Waals surface area contributed by atoms with Crippen molar-refractivity contribution in [1.82, 2.24) is 19.7 Å². The van der Waals surface area contributed by atoms with Gasteiger partial charge in [0.15, 0.2) is 11.4 Å². The molecule has 5 aromatic rings. The van der Waals surface area contributed by atoms with E-state index in [9.17, 15) is 0 Å². The molecule has 0 unspecified atom stereocenters. The molecule has 31 heavy (non-hydrogen) atoms. The summed E-state index contributed by atoms with van der Waals surface area (Å²) in [5.41, 5.74) is 10.7. The SMILES string of the molecule is Nc1ncc(-c2cnn(C3CCCCC3)c2)c2cc(-c3cccc4cccnc34)oc12. The van der Waals surface area contributed by atoms with Gasteiger partial charge in [-0.15, -0.1) is 0 Å². The molecule has 6 nitrogen and oxygen atoms in total. The highest BCUT2D eigenvalue weighted by Gasteiger charge is 2.20. The number of furan rings is 1. The molecule has 4 heterocycles. The van der Waals surface area contributed by atoms with Crippen LogP contribution in [0.5, 0.6) is 0 Å². The number of rotatable bonds is 3. The van der Waals surface area contributed by atoms with Crippen molar-refractivity contribution in [3.05, 3.63) is 61.2 Å². The summed E-state index contributed by atoms with van der Waals surface area (Å²) in [5, 5.41) is 6.68. The zero-order valence-corrected chi connectivity index (χ0v) is 17.2. The topological polar surface area (TPSA) is 82.8 Å². The Labute approximate surface area is 179 Å². The lowest BCUT2D eigenvalue weighted by atomic mass is 9.96. The largest absolute Gasteiger partial charge is 0.452 e. The van der Waals surface area contributed by atoms with Crippen LogP contribution >= 0.6 is 0 Å². The number of nitrogens with two attached hydrogens (primary N) is 1. The van der Waals surface area contributed by atoms with Gasteiger partial charge in [0.25, 0.3) is 0 Å². The van der Waals surface area contributed by atoms with Crippen LogP contribution in [0, 0.1) is 0 Å². The number of para-hydroxylation sites is 1. The first-order chi connectivity index (χ1) is 15.3. The Kier molecular flexibility index (Phi) is 4.23. The second-order valence-electron chi connectivity index (χ2n) is 8.29. The van der Waals surface area contributed by atoms with E-state index in [1.807, 2.05) is 36.7 Å². The first kappa shape index (κ1) is 18.1.